The zero-order valence-corrected chi connectivity index (χ0v) is 11.8. The maximum absolute atomic E-state index is 11.9. The average Bonchev–Trinajstić information content (AvgIpc) is 2.83. The molecule has 1 aromatic rings. The van der Waals surface area contributed by atoms with Gasteiger partial charge in [0.05, 0.1) is 18.3 Å². The molecular weight excluding hydrogens is 266 g/mol. The van der Waals surface area contributed by atoms with E-state index in [9.17, 15) is 13.2 Å². The molecule has 19 heavy (non-hydrogen) atoms. The van der Waals surface area contributed by atoms with Crippen molar-refractivity contribution < 1.29 is 8.42 Å². The second kappa shape index (κ2) is 5.83. The Morgan fingerprint density at radius 2 is 2.11 bits per heavy atom. The second-order valence-corrected chi connectivity index (χ2v) is 6.83. The van der Waals surface area contributed by atoms with Crippen molar-refractivity contribution in [2.45, 2.75) is 38.1 Å². The molecule has 1 saturated carbocycles. The summed E-state index contributed by atoms with van der Waals surface area (Å²) in [6, 6.07) is 1.58. The van der Waals surface area contributed by atoms with Crippen molar-refractivity contribution in [3.63, 3.8) is 0 Å². The topological polar surface area (TPSA) is 81.1 Å². The SMILES string of the molecule is CS(=O)(=O)NCCn1cnc(C2CCCC2)cc1=O. The largest absolute Gasteiger partial charge is 0.298 e. The summed E-state index contributed by atoms with van der Waals surface area (Å²) in [5, 5.41) is 0. The van der Waals surface area contributed by atoms with Gasteiger partial charge in [0.1, 0.15) is 0 Å². The molecule has 0 atom stereocenters. The Balaban J connectivity index is 2.01. The molecule has 0 aromatic carbocycles. The summed E-state index contributed by atoms with van der Waals surface area (Å²) < 4.78 is 25.6. The van der Waals surface area contributed by atoms with Crippen molar-refractivity contribution in [3.05, 3.63) is 28.4 Å². The van der Waals surface area contributed by atoms with E-state index in [0.29, 0.717) is 12.5 Å². The van der Waals surface area contributed by atoms with Gasteiger partial charge >= 0.3 is 0 Å². The van der Waals surface area contributed by atoms with Gasteiger partial charge in [-0.2, -0.15) is 0 Å². The van der Waals surface area contributed by atoms with Gasteiger partial charge < -0.3 is 0 Å². The second-order valence-electron chi connectivity index (χ2n) is 4.99. The lowest BCUT2D eigenvalue weighted by atomic mass is 10.0. The van der Waals surface area contributed by atoms with Crippen LogP contribution in [0.1, 0.15) is 37.3 Å². The lowest BCUT2D eigenvalue weighted by molar-refractivity contribution is 0.572. The number of sulfonamides is 1. The van der Waals surface area contributed by atoms with Crippen LogP contribution in [0.3, 0.4) is 0 Å². The molecule has 7 heteroatoms. The van der Waals surface area contributed by atoms with E-state index < -0.39 is 10.0 Å². The van der Waals surface area contributed by atoms with Crippen LogP contribution in [0, 0.1) is 0 Å². The van der Waals surface area contributed by atoms with Crippen molar-refractivity contribution in [1.29, 1.82) is 0 Å². The van der Waals surface area contributed by atoms with Gasteiger partial charge in [0.2, 0.25) is 10.0 Å². The Morgan fingerprint density at radius 3 is 2.68 bits per heavy atom. The summed E-state index contributed by atoms with van der Waals surface area (Å²) in [6.45, 7) is 0.493. The summed E-state index contributed by atoms with van der Waals surface area (Å²) in [7, 11) is -3.21. The van der Waals surface area contributed by atoms with Crippen LogP contribution < -0.4 is 10.3 Å². The van der Waals surface area contributed by atoms with Gasteiger partial charge in [0.25, 0.3) is 5.56 Å². The lowest BCUT2D eigenvalue weighted by Gasteiger charge is -2.10. The van der Waals surface area contributed by atoms with Gasteiger partial charge in [-0.15, -0.1) is 0 Å². The molecule has 1 fully saturated rings. The van der Waals surface area contributed by atoms with E-state index in [1.54, 1.807) is 6.07 Å². The van der Waals surface area contributed by atoms with Gasteiger partial charge in [-0.25, -0.2) is 18.1 Å². The van der Waals surface area contributed by atoms with Crippen LogP contribution >= 0.6 is 0 Å². The Labute approximate surface area is 112 Å². The predicted octanol–water partition coefficient (Wildman–Crippen LogP) is 0.450. The number of hydrogen-bond acceptors (Lipinski definition) is 4. The van der Waals surface area contributed by atoms with E-state index in [0.717, 1.165) is 24.8 Å². The summed E-state index contributed by atoms with van der Waals surface area (Å²) >= 11 is 0. The van der Waals surface area contributed by atoms with E-state index >= 15 is 0 Å². The Bertz CT molecular complexity index is 588. The van der Waals surface area contributed by atoms with Crippen LogP contribution in [0.5, 0.6) is 0 Å². The number of aromatic nitrogens is 2. The molecule has 1 N–H and O–H groups in total. The first-order valence-electron chi connectivity index (χ1n) is 6.47. The highest BCUT2D eigenvalue weighted by Gasteiger charge is 2.18. The molecule has 1 aliphatic carbocycles. The summed E-state index contributed by atoms with van der Waals surface area (Å²) in [5.41, 5.74) is 0.752. The minimum Gasteiger partial charge on any atom is -0.298 e. The molecule has 6 nitrogen and oxygen atoms in total. The molecule has 0 saturated heterocycles. The average molecular weight is 285 g/mol. The van der Waals surface area contributed by atoms with E-state index in [1.807, 2.05) is 0 Å². The fraction of sp³-hybridized carbons (Fsp3) is 0.667. The molecule has 2 rings (SSSR count). The van der Waals surface area contributed by atoms with Gasteiger partial charge in [-0.3, -0.25) is 9.36 Å². The zero-order chi connectivity index (χ0) is 13.9. The fourth-order valence-corrected chi connectivity index (χ4v) is 2.87. The number of rotatable bonds is 5. The van der Waals surface area contributed by atoms with Gasteiger partial charge in [-0.1, -0.05) is 12.8 Å². The first-order valence-corrected chi connectivity index (χ1v) is 8.36. The molecule has 1 aliphatic rings. The summed E-state index contributed by atoms with van der Waals surface area (Å²) in [4.78, 5) is 16.2. The molecule has 0 spiro atoms. The Morgan fingerprint density at radius 1 is 1.42 bits per heavy atom. The van der Waals surface area contributed by atoms with E-state index in [2.05, 4.69) is 9.71 Å². The first-order chi connectivity index (χ1) is 8.96. The maximum Gasteiger partial charge on any atom is 0.253 e. The van der Waals surface area contributed by atoms with Crippen LogP contribution in [-0.2, 0) is 16.6 Å². The number of nitrogens with zero attached hydrogens (tertiary/aromatic N) is 2. The molecule has 0 aliphatic heterocycles. The predicted molar refractivity (Wildman–Crippen MR) is 72.6 cm³/mol. The van der Waals surface area contributed by atoms with Crippen LogP contribution in [0.2, 0.25) is 0 Å². The quantitative estimate of drug-likeness (QED) is 0.851. The van der Waals surface area contributed by atoms with E-state index in [4.69, 9.17) is 0 Å². The van der Waals surface area contributed by atoms with Gasteiger partial charge in [0, 0.05) is 25.1 Å². The van der Waals surface area contributed by atoms with Crippen molar-refractivity contribution in [1.82, 2.24) is 14.3 Å². The third-order valence-corrected chi connectivity index (χ3v) is 4.12. The van der Waals surface area contributed by atoms with Crippen LogP contribution in [0.4, 0.5) is 0 Å². The minimum atomic E-state index is -3.21. The number of nitrogens with one attached hydrogen (secondary N) is 1. The van der Waals surface area contributed by atoms with E-state index in [1.165, 1.54) is 23.7 Å². The fourth-order valence-electron chi connectivity index (χ4n) is 2.40. The van der Waals surface area contributed by atoms with Gasteiger partial charge in [-0.05, 0) is 12.8 Å². The minimum absolute atomic E-state index is 0.118. The molecular formula is C12H19N3O3S. The van der Waals surface area contributed by atoms with Crippen molar-refractivity contribution in [2.24, 2.45) is 0 Å². The van der Waals surface area contributed by atoms with Gasteiger partial charge in [0.15, 0.2) is 0 Å². The molecule has 0 unspecified atom stereocenters. The molecule has 1 heterocycles. The third-order valence-electron chi connectivity index (χ3n) is 3.39. The maximum atomic E-state index is 11.9. The smallest absolute Gasteiger partial charge is 0.253 e. The normalized spacial score (nSPS) is 16.9. The molecule has 0 bridgehead atoms. The van der Waals surface area contributed by atoms with Crippen molar-refractivity contribution in [3.8, 4) is 0 Å². The molecule has 106 valence electrons. The van der Waals surface area contributed by atoms with Crippen LogP contribution in [-0.4, -0.2) is 30.8 Å². The Hall–Kier alpha value is -1.21. The standard InChI is InChI=1S/C12H19N3O3S/c1-19(17,18)14-6-7-15-9-13-11(8-12(15)16)10-4-2-3-5-10/h8-10,14H,2-7H2,1H3. The first kappa shape index (κ1) is 14.2. The molecule has 1 aromatic heterocycles. The highest BCUT2D eigenvalue weighted by Crippen LogP contribution is 2.32. The molecule has 0 amide bonds. The van der Waals surface area contributed by atoms with Crippen LogP contribution in [0.15, 0.2) is 17.2 Å². The highest BCUT2D eigenvalue weighted by atomic mass is 32.2. The van der Waals surface area contributed by atoms with Crippen LogP contribution in [0.25, 0.3) is 0 Å². The van der Waals surface area contributed by atoms with E-state index in [-0.39, 0.29) is 12.1 Å². The van der Waals surface area contributed by atoms with Crippen molar-refractivity contribution in [2.75, 3.05) is 12.8 Å². The summed E-state index contributed by atoms with van der Waals surface area (Å²) in [5.74, 6) is 0.413. The third kappa shape index (κ3) is 4.14. The lowest BCUT2D eigenvalue weighted by Crippen LogP contribution is -2.30. The highest BCUT2D eigenvalue weighted by molar-refractivity contribution is 7.88. The van der Waals surface area contributed by atoms with Crippen molar-refractivity contribution >= 4 is 10.0 Å². The monoisotopic (exact) mass is 285 g/mol. The number of hydrogen-bond donors (Lipinski definition) is 1. The summed E-state index contributed by atoms with van der Waals surface area (Å²) in [6.07, 6.45) is 7.22. The molecule has 0 radical (unpaired) electrons. The Kier molecular flexibility index (Phi) is 4.36. The zero-order valence-electron chi connectivity index (χ0n) is 11.0.